The Bertz CT molecular complexity index is 775. The van der Waals surface area contributed by atoms with Crippen LogP contribution in [0.2, 0.25) is 0 Å². The predicted octanol–water partition coefficient (Wildman–Crippen LogP) is 4.34. The molecule has 0 unspecified atom stereocenters. The number of hydrogen-bond acceptors (Lipinski definition) is 2. The Balaban J connectivity index is 2.07. The van der Waals surface area contributed by atoms with Gasteiger partial charge in [0.25, 0.3) is 0 Å². The molecule has 0 spiro atoms. The summed E-state index contributed by atoms with van der Waals surface area (Å²) in [5.41, 5.74) is 1.87. The minimum absolute atomic E-state index is 0.0929. The van der Waals surface area contributed by atoms with Gasteiger partial charge < -0.3 is 10.2 Å². The molecule has 0 aliphatic carbocycles. The highest BCUT2D eigenvalue weighted by atomic mass is 19.1. The summed E-state index contributed by atoms with van der Waals surface area (Å²) in [5, 5.41) is 2.92. The SMILES string of the molecule is CC(C)CCNC(=O)[C@@H](C)N(Cc1ccc(F)cc1)C(=O)CCc1ccccc1. The number of amides is 2. The first-order valence-corrected chi connectivity index (χ1v) is 10.2. The number of nitrogens with one attached hydrogen (secondary N) is 1. The molecule has 0 fully saturated rings. The van der Waals surface area contributed by atoms with Crippen LogP contribution in [0.25, 0.3) is 0 Å². The van der Waals surface area contributed by atoms with Crippen LogP contribution >= 0.6 is 0 Å². The van der Waals surface area contributed by atoms with Gasteiger partial charge >= 0.3 is 0 Å². The topological polar surface area (TPSA) is 49.4 Å². The van der Waals surface area contributed by atoms with Crippen molar-refractivity contribution in [2.24, 2.45) is 5.92 Å². The third-order valence-electron chi connectivity index (χ3n) is 4.92. The van der Waals surface area contributed by atoms with E-state index in [0.717, 1.165) is 17.5 Å². The lowest BCUT2D eigenvalue weighted by Crippen LogP contribution is -2.48. The van der Waals surface area contributed by atoms with Crippen molar-refractivity contribution in [2.45, 2.75) is 52.6 Å². The maximum atomic E-state index is 13.2. The Hall–Kier alpha value is -2.69. The molecule has 2 aromatic carbocycles. The highest BCUT2D eigenvalue weighted by Gasteiger charge is 2.25. The van der Waals surface area contributed by atoms with Gasteiger partial charge in [0.1, 0.15) is 11.9 Å². The molecule has 1 N–H and O–H groups in total. The van der Waals surface area contributed by atoms with Crippen LogP contribution in [0.4, 0.5) is 4.39 Å². The van der Waals surface area contributed by atoms with Gasteiger partial charge in [-0.15, -0.1) is 0 Å². The molecule has 0 radical (unpaired) electrons. The second kappa shape index (κ2) is 11.3. The quantitative estimate of drug-likeness (QED) is 0.647. The molecule has 2 rings (SSSR count). The Kier molecular flexibility index (Phi) is 8.84. The van der Waals surface area contributed by atoms with Crippen LogP contribution in [0.15, 0.2) is 54.6 Å². The molecule has 0 heterocycles. The minimum Gasteiger partial charge on any atom is -0.354 e. The van der Waals surface area contributed by atoms with E-state index >= 15 is 0 Å². The lowest BCUT2D eigenvalue weighted by molar-refractivity contribution is -0.140. The van der Waals surface area contributed by atoms with E-state index in [0.29, 0.717) is 25.3 Å². The van der Waals surface area contributed by atoms with Crippen LogP contribution in [-0.4, -0.2) is 29.3 Å². The van der Waals surface area contributed by atoms with Crippen LogP contribution < -0.4 is 5.32 Å². The van der Waals surface area contributed by atoms with Crippen molar-refractivity contribution < 1.29 is 14.0 Å². The molecule has 0 aromatic heterocycles. The van der Waals surface area contributed by atoms with Gasteiger partial charge in [0.05, 0.1) is 0 Å². The van der Waals surface area contributed by atoms with Gasteiger partial charge in [-0.2, -0.15) is 0 Å². The lowest BCUT2D eigenvalue weighted by atomic mass is 10.1. The first-order chi connectivity index (χ1) is 13.9. The van der Waals surface area contributed by atoms with E-state index in [1.54, 1.807) is 24.0 Å². The molecular formula is C24H31FN2O2. The molecule has 156 valence electrons. The number of hydrogen-bond donors (Lipinski definition) is 1. The summed E-state index contributed by atoms with van der Waals surface area (Å²) in [6, 6.07) is 15.2. The third kappa shape index (κ3) is 7.68. The number of carbonyl (C=O) groups is 2. The molecule has 2 amide bonds. The fourth-order valence-corrected chi connectivity index (χ4v) is 3.04. The molecule has 0 saturated carbocycles. The number of aryl methyl sites for hydroxylation is 1. The van der Waals surface area contributed by atoms with E-state index in [2.05, 4.69) is 19.2 Å². The number of carbonyl (C=O) groups excluding carboxylic acids is 2. The standard InChI is InChI=1S/C24H31FN2O2/c1-18(2)15-16-26-24(29)19(3)27(17-21-9-12-22(25)13-10-21)23(28)14-11-20-7-5-4-6-8-20/h4-10,12-13,18-19H,11,14-17H2,1-3H3,(H,26,29)/t19-/m1/s1. The monoisotopic (exact) mass is 398 g/mol. The molecule has 4 nitrogen and oxygen atoms in total. The summed E-state index contributed by atoms with van der Waals surface area (Å²) in [6.45, 7) is 6.80. The molecular weight excluding hydrogens is 367 g/mol. The van der Waals surface area contributed by atoms with Gasteiger partial charge in [-0.1, -0.05) is 56.3 Å². The molecule has 0 bridgehead atoms. The zero-order valence-corrected chi connectivity index (χ0v) is 17.5. The zero-order chi connectivity index (χ0) is 21.2. The van der Waals surface area contributed by atoms with Gasteiger partial charge in [0.15, 0.2) is 0 Å². The average Bonchev–Trinajstić information content (AvgIpc) is 2.71. The normalized spacial score (nSPS) is 11.9. The van der Waals surface area contributed by atoms with Gasteiger partial charge in [-0.3, -0.25) is 9.59 Å². The second-order valence-electron chi connectivity index (χ2n) is 7.78. The van der Waals surface area contributed by atoms with E-state index in [1.807, 2.05) is 30.3 Å². The highest BCUT2D eigenvalue weighted by molar-refractivity contribution is 5.87. The molecule has 1 atom stereocenters. The van der Waals surface area contributed by atoms with Crippen molar-refractivity contribution in [1.29, 1.82) is 0 Å². The van der Waals surface area contributed by atoms with E-state index in [-0.39, 0.29) is 24.2 Å². The van der Waals surface area contributed by atoms with Gasteiger partial charge in [0.2, 0.25) is 11.8 Å². The van der Waals surface area contributed by atoms with Crippen molar-refractivity contribution in [3.05, 3.63) is 71.5 Å². The van der Waals surface area contributed by atoms with Crippen LogP contribution in [-0.2, 0) is 22.6 Å². The fraction of sp³-hybridized carbons (Fsp3) is 0.417. The summed E-state index contributed by atoms with van der Waals surface area (Å²) in [4.78, 5) is 27.2. The number of halogens is 1. The summed E-state index contributed by atoms with van der Waals surface area (Å²) >= 11 is 0. The fourth-order valence-electron chi connectivity index (χ4n) is 3.04. The van der Waals surface area contributed by atoms with Gasteiger partial charge in [0, 0.05) is 19.5 Å². The Morgan fingerprint density at radius 3 is 2.24 bits per heavy atom. The smallest absolute Gasteiger partial charge is 0.242 e. The molecule has 0 aliphatic heterocycles. The molecule has 29 heavy (non-hydrogen) atoms. The molecule has 0 saturated heterocycles. The van der Waals surface area contributed by atoms with E-state index in [4.69, 9.17) is 0 Å². The third-order valence-corrected chi connectivity index (χ3v) is 4.92. The Morgan fingerprint density at radius 2 is 1.62 bits per heavy atom. The number of rotatable bonds is 10. The van der Waals surface area contributed by atoms with Crippen molar-refractivity contribution in [1.82, 2.24) is 10.2 Å². The summed E-state index contributed by atoms with van der Waals surface area (Å²) < 4.78 is 13.2. The van der Waals surface area contributed by atoms with Crippen LogP contribution in [0.3, 0.4) is 0 Å². The van der Waals surface area contributed by atoms with Gasteiger partial charge in [-0.05, 0) is 48.9 Å². The van der Waals surface area contributed by atoms with E-state index in [9.17, 15) is 14.0 Å². The van der Waals surface area contributed by atoms with Gasteiger partial charge in [-0.25, -0.2) is 4.39 Å². The summed E-state index contributed by atoms with van der Waals surface area (Å²) in [7, 11) is 0. The van der Waals surface area contributed by atoms with E-state index in [1.165, 1.54) is 12.1 Å². The summed E-state index contributed by atoms with van der Waals surface area (Å²) in [6.07, 6.45) is 1.81. The maximum absolute atomic E-state index is 13.2. The van der Waals surface area contributed by atoms with Crippen LogP contribution in [0.1, 0.15) is 44.7 Å². The second-order valence-corrected chi connectivity index (χ2v) is 7.78. The maximum Gasteiger partial charge on any atom is 0.242 e. The number of nitrogens with zero attached hydrogens (tertiary/aromatic N) is 1. The predicted molar refractivity (Wildman–Crippen MR) is 114 cm³/mol. The van der Waals surface area contributed by atoms with Crippen molar-refractivity contribution in [3.63, 3.8) is 0 Å². The Labute approximate surface area is 173 Å². The van der Waals surface area contributed by atoms with Crippen molar-refractivity contribution in [2.75, 3.05) is 6.54 Å². The van der Waals surface area contributed by atoms with E-state index < -0.39 is 6.04 Å². The van der Waals surface area contributed by atoms with Crippen molar-refractivity contribution in [3.8, 4) is 0 Å². The minimum atomic E-state index is -0.601. The van der Waals surface area contributed by atoms with Crippen molar-refractivity contribution >= 4 is 11.8 Å². The summed E-state index contributed by atoms with van der Waals surface area (Å²) in [5.74, 6) is -0.0888. The zero-order valence-electron chi connectivity index (χ0n) is 17.5. The largest absolute Gasteiger partial charge is 0.354 e. The lowest BCUT2D eigenvalue weighted by Gasteiger charge is -2.29. The van der Waals surface area contributed by atoms with Crippen LogP contribution in [0.5, 0.6) is 0 Å². The average molecular weight is 399 g/mol. The molecule has 5 heteroatoms. The first-order valence-electron chi connectivity index (χ1n) is 10.2. The first kappa shape index (κ1) is 22.6. The van der Waals surface area contributed by atoms with Crippen LogP contribution in [0, 0.1) is 11.7 Å². The molecule has 2 aromatic rings. The number of benzene rings is 2. The Morgan fingerprint density at radius 1 is 0.966 bits per heavy atom. The molecule has 0 aliphatic rings. The highest BCUT2D eigenvalue weighted by Crippen LogP contribution is 2.14.